The second-order valence-electron chi connectivity index (χ2n) is 10.8. The van der Waals surface area contributed by atoms with Crippen molar-refractivity contribution in [3.05, 3.63) is 15.6 Å². The number of aromatic nitrogens is 1. The Balaban J connectivity index is 1.41. The number of carbonyl (C=O) groups excluding carboxylic acids is 1. The number of ether oxygens (including phenoxy) is 1. The standard InChI is InChI=1S/C24H36NO2S/c1-14-25(5)21-13-20-18-7-6-16-12-17(27-15(2)26)8-10-23(16,3)19(18)9-11-24(20,4)22(21)28-14/h16-20H,6-13H2,1-5H3/q+1/t16-,17-,18+,19-,20-,23-,24-/m0/s1. The van der Waals surface area contributed by atoms with Gasteiger partial charge < -0.3 is 4.74 Å². The van der Waals surface area contributed by atoms with Crippen LogP contribution in [0.4, 0.5) is 0 Å². The van der Waals surface area contributed by atoms with Crippen LogP contribution >= 0.6 is 11.3 Å². The van der Waals surface area contributed by atoms with E-state index in [0.717, 1.165) is 36.5 Å². The number of aryl methyl sites for hydroxylation is 1. The molecule has 0 unspecified atom stereocenters. The van der Waals surface area contributed by atoms with Crippen molar-refractivity contribution < 1.29 is 14.1 Å². The van der Waals surface area contributed by atoms with E-state index in [1.54, 1.807) is 17.5 Å². The molecule has 3 fully saturated rings. The minimum atomic E-state index is -0.101. The van der Waals surface area contributed by atoms with Gasteiger partial charge in [-0.15, -0.1) is 0 Å². The van der Waals surface area contributed by atoms with E-state index in [-0.39, 0.29) is 12.1 Å². The van der Waals surface area contributed by atoms with Gasteiger partial charge >= 0.3 is 5.97 Å². The van der Waals surface area contributed by atoms with E-state index in [2.05, 4.69) is 43.7 Å². The summed E-state index contributed by atoms with van der Waals surface area (Å²) in [7, 11) is 2.28. The van der Waals surface area contributed by atoms with Crippen molar-refractivity contribution in [2.75, 3.05) is 0 Å². The molecule has 154 valence electrons. The molecule has 0 aromatic carbocycles. The average Bonchev–Trinajstić information content (AvgIpc) is 3.09. The molecule has 4 aliphatic carbocycles. The molecule has 0 amide bonds. The molecule has 0 saturated heterocycles. The van der Waals surface area contributed by atoms with E-state index in [4.69, 9.17) is 4.74 Å². The van der Waals surface area contributed by atoms with Crippen molar-refractivity contribution in [3.63, 3.8) is 0 Å². The molecule has 0 radical (unpaired) electrons. The van der Waals surface area contributed by atoms with Crippen LogP contribution in [0.25, 0.3) is 0 Å². The van der Waals surface area contributed by atoms with Gasteiger partial charge in [0.1, 0.15) is 13.2 Å². The first-order valence-electron chi connectivity index (χ1n) is 11.4. The third kappa shape index (κ3) is 2.52. The number of esters is 1. The summed E-state index contributed by atoms with van der Waals surface area (Å²) >= 11 is 2.07. The van der Waals surface area contributed by atoms with Crippen LogP contribution in [0.15, 0.2) is 0 Å². The molecule has 0 bridgehead atoms. The first-order valence-corrected chi connectivity index (χ1v) is 12.2. The maximum atomic E-state index is 11.5. The molecule has 4 heteroatoms. The number of thiazole rings is 1. The average molecular weight is 403 g/mol. The highest BCUT2D eigenvalue weighted by molar-refractivity contribution is 7.11. The highest BCUT2D eigenvalue weighted by Crippen LogP contribution is 2.66. The fourth-order valence-corrected chi connectivity index (χ4v) is 9.41. The molecule has 5 rings (SSSR count). The van der Waals surface area contributed by atoms with Gasteiger partial charge in [-0.05, 0) is 74.0 Å². The van der Waals surface area contributed by atoms with Gasteiger partial charge in [0.2, 0.25) is 5.01 Å². The Morgan fingerprint density at radius 3 is 2.68 bits per heavy atom. The van der Waals surface area contributed by atoms with E-state index in [0.29, 0.717) is 10.8 Å². The molecule has 1 aromatic heterocycles. The molecule has 0 spiro atoms. The Bertz CT molecular complexity index is 816. The first kappa shape index (κ1) is 19.1. The van der Waals surface area contributed by atoms with Crippen LogP contribution < -0.4 is 4.57 Å². The monoisotopic (exact) mass is 402 g/mol. The van der Waals surface area contributed by atoms with Crippen molar-refractivity contribution in [1.82, 2.24) is 0 Å². The van der Waals surface area contributed by atoms with Gasteiger partial charge in [-0.3, -0.25) is 4.79 Å². The van der Waals surface area contributed by atoms with Crippen LogP contribution in [0, 0.1) is 36.0 Å². The lowest BCUT2D eigenvalue weighted by Gasteiger charge is -2.60. The molecular weight excluding hydrogens is 366 g/mol. The maximum Gasteiger partial charge on any atom is 0.302 e. The topological polar surface area (TPSA) is 30.2 Å². The van der Waals surface area contributed by atoms with E-state index in [1.807, 2.05) is 0 Å². The summed E-state index contributed by atoms with van der Waals surface area (Å²) in [5.74, 6) is 3.22. The van der Waals surface area contributed by atoms with Crippen molar-refractivity contribution in [1.29, 1.82) is 0 Å². The summed E-state index contributed by atoms with van der Waals surface area (Å²) in [4.78, 5) is 13.2. The number of carbonyl (C=O) groups is 1. The Morgan fingerprint density at radius 1 is 1.14 bits per heavy atom. The van der Waals surface area contributed by atoms with Crippen molar-refractivity contribution in [2.45, 2.75) is 90.6 Å². The maximum absolute atomic E-state index is 11.5. The van der Waals surface area contributed by atoms with Gasteiger partial charge in [0.25, 0.3) is 0 Å². The van der Waals surface area contributed by atoms with Gasteiger partial charge in [-0.25, -0.2) is 0 Å². The Kier molecular flexibility index (Phi) is 4.29. The van der Waals surface area contributed by atoms with Crippen molar-refractivity contribution in [2.24, 2.45) is 36.1 Å². The number of rotatable bonds is 1. The van der Waals surface area contributed by atoms with Crippen LogP contribution in [0.5, 0.6) is 0 Å². The summed E-state index contributed by atoms with van der Waals surface area (Å²) in [6.45, 7) is 9.02. The highest BCUT2D eigenvalue weighted by Gasteiger charge is 2.61. The Morgan fingerprint density at radius 2 is 1.93 bits per heavy atom. The molecule has 3 saturated carbocycles. The minimum absolute atomic E-state index is 0.101. The number of hydrogen-bond acceptors (Lipinski definition) is 3. The molecule has 0 aliphatic heterocycles. The highest BCUT2D eigenvalue weighted by atomic mass is 32.1. The number of nitrogens with zero attached hydrogens (tertiary/aromatic N) is 1. The molecule has 0 N–H and O–H groups in total. The van der Waals surface area contributed by atoms with Crippen molar-refractivity contribution >= 4 is 17.3 Å². The Labute approximate surface area is 173 Å². The molecule has 28 heavy (non-hydrogen) atoms. The number of fused-ring (bicyclic) bond motifs is 7. The lowest BCUT2D eigenvalue weighted by molar-refractivity contribution is -0.679. The first-order chi connectivity index (χ1) is 13.2. The lowest BCUT2D eigenvalue weighted by atomic mass is 9.45. The molecular formula is C24H36NO2S+. The fourth-order valence-electron chi connectivity index (χ4n) is 8.04. The van der Waals surface area contributed by atoms with E-state index in [9.17, 15) is 4.79 Å². The van der Waals surface area contributed by atoms with E-state index in [1.165, 1.54) is 43.5 Å². The van der Waals surface area contributed by atoms with Gasteiger partial charge in [0, 0.05) is 25.7 Å². The van der Waals surface area contributed by atoms with Gasteiger partial charge in [0.05, 0.1) is 4.88 Å². The predicted octanol–water partition coefficient (Wildman–Crippen LogP) is 4.87. The van der Waals surface area contributed by atoms with E-state index >= 15 is 0 Å². The van der Waals surface area contributed by atoms with Crippen LogP contribution in [-0.2, 0) is 28.4 Å². The molecule has 1 heterocycles. The number of hydrogen-bond donors (Lipinski definition) is 0. The third-order valence-corrected chi connectivity index (χ3v) is 11.1. The van der Waals surface area contributed by atoms with Gasteiger partial charge in [-0.2, -0.15) is 4.57 Å². The zero-order chi connectivity index (χ0) is 19.8. The summed E-state index contributed by atoms with van der Waals surface area (Å²) < 4.78 is 8.10. The largest absolute Gasteiger partial charge is 0.463 e. The summed E-state index contributed by atoms with van der Waals surface area (Å²) in [6, 6.07) is 0. The molecule has 4 aliphatic rings. The van der Waals surface area contributed by atoms with E-state index < -0.39 is 0 Å². The van der Waals surface area contributed by atoms with Gasteiger partial charge in [0.15, 0.2) is 5.69 Å². The SMILES string of the molecule is CC(=O)O[C@H]1CC[C@@]2(C)[C@@H](CC[C@@H]3[C@@H]2CC[C@]2(C)c4sc(C)[n+](C)c4C[C@@H]32)C1. The summed E-state index contributed by atoms with van der Waals surface area (Å²) in [5.41, 5.74) is 2.50. The fraction of sp³-hybridized carbons (Fsp3) is 0.833. The molecule has 3 nitrogen and oxygen atoms in total. The quantitative estimate of drug-likeness (QED) is 0.495. The lowest BCUT2D eigenvalue weighted by Crippen LogP contribution is -2.54. The summed E-state index contributed by atoms with van der Waals surface area (Å²) in [6.07, 6.45) is 10.4. The van der Waals surface area contributed by atoms with Gasteiger partial charge in [-0.1, -0.05) is 25.2 Å². The molecule has 7 atom stereocenters. The second-order valence-corrected chi connectivity index (χ2v) is 12.0. The predicted molar refractivity (Wildman–Crippen MR) is 111 cm³/mol. The van der Waals surface area contributed by atoms with Crippen LogP contribution in [0.3, 0.4) is 0 Å². The Hall–Kier alpha value is -0.900. The second kappa shape index (κ2) is 6.30. The smallest absolute Gasteiger partial charge is 0.302 e. The summed E-state index contributed by atoms with van der Waals surface area (Å²) in [5, 5.41) is 1.46. The normalized spacial score (nSPS) is 44.2. The molecule has 1 aromatic rings. The van der Waals surface area contributed by atoms with Crippen LogP contribution in [0.2, 0.25) is 0 Å². The minimum Gasteiger partial charge on any atom is -0.463 e. The van der Waals surface area contributed by atoms with Crippen LogP contribution in [-0.4, -0.2) is 12.1 Å². The zero-order valence-corrected chi connectivity index (χ0v) is 19.0. The van der Waals surface area contributed by atoms with Crippen LogP contribution in [0.1, 0.15) is 81.3 Å². The third-order valence-electron chi connectivity index (χ3n) is 9.66. The zero-order valence-electron chi connectivity index (χ0n) is 18.2. The van der Waals surface area contributed by atoms with Crippen molar-refractivity contribution in [3.8, 4) is 0 Å².